The van der Waals surface area contributed by atoms with Crippen LogP contribution in [0.3, 0.4) is 0 Å². The number of phenolic OH excluding ortho intramolecular Hbond substituents is 1. The summed E-state index contributed by atoms with van der Waals surface area (Å²) in [5.74, 6) is -0.135. The van der Waals surface area contributed by atoms with Crippen LogP contribution in [0.5, 0.6) is 5.75 Å². The zero-order valence-corrected chi connectivity index (χ0v) is 20.2. The van der Waals surface area contributed by atoms with Crippen molar-refractivity contribution in [2.24, 2.45) is 17.2 Å². The number of benzene rings is 2. The number of esters is 1. The Kier molecular flexibility index (Phi) is 7.73. The quantitative estimate of drug-likeness (QED) is 0.377. The monoisotopic (exact) mass is 466 g/mol. The topological polar surface area (TPSA) is 137 Å². The second kappa shape index (κ2) is 10.5. The van der Waals surface area contributed by atoms with Crippen LogP contribution < -0.4 is 17.2 Å². The Morgan fingerprint density at radius 3 is 2.53 bits per heavy atom. The third-order valence-corrected chi connectivity index (χ3v) is 6.00. The van der Waals surface area contributed by atoms with E-state index in [9.17, 15) is 9.90 Å². The lowest BCUT2D eigenvalue weighted by Gasteiger charge is -2.41. The van der Waals surface area contributed by atoms with Gasteiger partial charge in [0.25, 0.3) is 0 Å². The van der Waals surface area contributed by atoms with Gasteiger partial charge in [0, 0.05) is 23.8 Å². The molecule has 0 spiro atoms. The molecule has 182 valence electrons. The summed E-state index contributed by atoms with van der Waals surface area (Å²) < 4.78 is 11.3. The smallest absolute Gasteiger partial charge is 0.338 e. The summed E-state index contributed by atoms with van der Waals surface area (Å²) in [4.78, 5) is 14.3. The van der Waals surface area contributed by atoms with E-state index in [0.29, 0.717) is 42.3 Å². The lowest BCUT2D eigenvalue weighted by atomic mass is 9.95. The summed E-state index contributed by atoms with van der Waals surface area (Å²) in [5, 5.41) is 10.2. The molecule has 2 atom stereocenters. The lowest BCUT2D eigenvalue weighted by Crippen LogP contribution is -2.45. The summed E-state index contributed by atoms with van der Waals surface area (Å²) in [6.07, 6.45) is 1.42. The number of aryl methyl sites for hydroxylation is 2. The van der Waals surface area contributed by atoms with Gasteiger partial charge in [-0.15, -0.1) is 0 Å². The lowest BCUT2D eigenvalue weighted by molar-refractivity contribution is -0.0460. The number of nitrogens with two attached hydrogens (primary N) is 3. The second-order valence-corrected chi connectivity index (χ2v) is 8.52. The van der Waals surface area contributed by atoms with E-state index in [1.54, 1.807) is 37.3 Å². The van der Waals surface area contributed by atoms with Gasteiger partial charge in [-0.2, -0.15) is 0 Å². The van der Waals surface area contributed by atoms with Crippen LogP contribution in [0.25, 0.3) is 5.70 Å². The van der Waals surface area contributed by atoms with Crippen LogP contribution in [-0.2, 0) is 9.47 Å². The number of carbonyl (C=O) groups is 1. The number of rotatable bonds is 6. The minimum Gasteiger partial charge on any atom is -0.507 e. The van der Waals surface area contributed by atoms with Gasteiger partial charge in [0.1, 0.15) is 17.7 Å². The van der Waals surface area contributed by atoms with E-state index in [-0.39, 0.29) is 29.7 Å². The first-order chi connectivity index (χ1) is 16.1. The van der Waals surface area contributed by atoms with Gasteiger partial charge in [0.15, 0.2) is 0 Å². The number of carbonyl (C=O) groups excluding carboxylic acids is 1. The Hall–Kier alpha value is -3.65. The molecule has 1 saturated heterocycles. The zero-order chi connectivity index (χ0) is 25.0. The van der Waals surface area contributed by atoms with Gasteiger partial charge in [-0.05, 0) is 68.7 Å². The van der Waals surface area contributed by atoms with E-state index in [4.69, 9.17) is 26.7 Å². The molecule has 0 amide bonds. The van der Waals surface area contributed by atoms with Crippen molar-refractivity contribution in [2.45, 2.75) is 39.8 Å². The van der Waals surface area contributed by atoms with Crippen LogP contribution in [0.4, 0.5) is 0 Å². The van der Waals surface area contributed by atoms with Crippen molar-refractivity contribution in [3.8, 4) is 5.75 Å². The average Bonchev–Trinajstić information content (AvgIpc) is 2.79. The van der Waals surface area contributed by atoms with Gasteiger partial charge in [0.05, 0.1) is 24.5 Å². The van der Waals surface area contributed by atoms with Gasteiger partial charge in [-0.3, -0.25) is 0 Å². The molecule has 8 heteroatoms. The molecule has 2 aromatic rings. The first kappa shape index (κ1) is 25.0. The minimum absolute atomic E-state index is 0.0121. The average molecular weight is 467 g/mol. The number of phenols is 1. The second-order valence-electron chi connectivity index (χ2n) is 8.52. The Labute approximate surface area is 200 Å². The molecule has 1 heterocycles. The van der Waals surface area contributed by atoms with E-state index >= 15 is 0 Å². The zero-order valence-electron chi connectivity index (χ0n) is 20.2. The number of allylic oxidation sites excluding steroid dienone is 1. The van der Waals surface area contributed by atoms with E-state index in [1.165, 1.54) is 0 Å². The third-order valence-electron chi connectivity index (χ3n) is 6.00. The summed E-state index contributed by atoms with van der Waals surface area (Å²) in [6, 6.07) is 10.6. The van der Waals surface area contributed by atoms with Crippen molar-refractivity contribution in [1.82, 2.24) is 4.90 Å². The first-order valence-corrected chi connectivity index (χ1v) is 11.3. The standard InChI is InChI=1S/C26H34N4O4/c1-5-33-26(32)20-11-15(2)19(10-16(20)3)24-13-30(17(4)14-34-24)22(25(28)29)12-21(27)18-8-6-7-9-23(18)31/h6-12,17,24,31H,5,13-14,27-29H2,1-4H3/b21-12-. The molecule has 2 aromatic carbocycles. The molecule has 1 aliphatic rings. The molecule has 8 nitrogen and oxygen atoms in total. The van der Waals surface area contributed by atoms with Gasteiger partial charge < -0.3 is 36.7 Å². The Balaban J connectivity index is 1.93. The molecule has 34 heavy (non-hydrogen) atoms. The van der Waals surface area contributed by atoms with Gasteiger partial charge in [-0.1, -0.05) is 18.2 Å². The molecular formula is C26H34N4O4. The summed E-state index contributed by atoms with van der Waals surface area (Å²) in [6.45, 7) is 8.90. The van der Waals surface area contributed by atoms with Gasteiger partial charge >= 0.3 is 5.97 Å². The van der Waals surface area contributed by atoms with Crippen LogP contribution in [-0.4, -0.2) is 41.8 Å². The number of hydrogen-bond donors (Lipinski definition) is 4. The maximum atomic E-state index is 12.3. The van der Waals surface area contributed by atoms with Crippen molar-refractivity contribution >= 4 is 11.7 Å². The molecule has 1 fully saturated rings. The summed E-state index contributed by atoms with van der Waals surface area (Å²) in [5.41, 5.74) is 23.2. The van der Waals surface area contributed by atoms with Crippen molar-refractivity contribution in [3.05, 3.63) is 81.8 Å². The van der Waals surface area contributed by atoms with Crippen LogP contribution in [0, 0.1) is 13.8 Å². The molecule has 0 saturated carbocycles. The number of hydrogen-bond acceptors (Lipinski definition) is 8. The highest BCUT2D eigenvalue weighted by atomic mass is 16.5. The van der Waals surface area contributed by atoms with Gasteiger partial charge in [-0.25, -0.2) is 4.79 Å². The fraction of sp³-hybridized carbons (Fsp3) is 0.346. The van der Waals surface area contributed by atoms with E-state index in [0.717, 1.165) is 16.7 Å². The van der Waals surface area contributed by atoms with Crippen LogP contribution in [0.15, 0.2) is 54.0 Å². The predicted molar refractivity (Wildman–Crippen MR) is 132 cm³/mol. The SMILES string of the molecule is CCOC(=O)c1cc(C)c(C2CN(C(/C=C(\N)c3ccccc3O)=C(N)N)C(C)CO2)cc1C. The number of ether oxygens (including phenoxy) is 2. The van der Waals surface area contributed by atoms with Gasteiger partial charge in [0.2, 0.25) is 0 Å². The van der Waals surface area contributed by atoms with Crippen molar-refractivity contribution in [2.75, 3.05) is 19.8 Å². The van der Waals surface area contributed by atoms with Crippen LogP contribution in [0.1, 0.15) is 52.6 Å². The maximum Gasteiger partial charge on any atom is 0.338 e. The highest BCUT2D eigenvalue weighted by Crippen LogP contribution is 2.32. The number of para-hydroxylation sites is 1. The predicted octanol–water partition coefficient (Wildman–Crippen LogP) is 3.03. The molecule has 2 unspecified atom stereocenters. The summed E-state index contributed by atoms with van der Waals surface area (Å²) in [7, 11) is 0. The largest absolute Gasteiger partial charge is 0.507 e. The first-order valence-electron chi connectivity index (χ1n) is 11.3. The highest BCUT2D eigenvalue weighted by molar-refractivity contribution is 5.91. The Morgan fingerprint density at radius 1 is 1.18 bits per heavy atom. The highest BCUT2D eigenvalue weighted by Gasteiger charge is 2.30. The molecule has 1 aliphatic heterocycles. The molecule has 0 aliphatic carbocycles. The number of aromatic hydroxyl groups is 1. The fourth-order valence-corrected chi connectivity index (χ4v) is 4.17. The molecule has 3 rings (SSSR count). The van der Waals surface area contributed by atoms with Crippen molar-refractivity contribution in [1.29, 1.82) is 0 Å². The maximum absolute atomic E-state index is 12.3. The molecular weight excluding hydrogens is 432 g/mol. The molecule has 0 bridgehead atoms. The van der Waals surface area contributed by atoms with Crippen molar-refractivity contribution < 1.29 is 19.4 Å². The molecule has 0 aromatic heterocycles. The third kappa shape index (κ3) is 5.28. The van der Waals surface area contributed by atoms with E-state index < -0.39 is 0 Å². The van der Waals surface area contributed by atoms with E-state index in [1.807, 2.05) is 32.9 Å². The molecule has 0 radical (unpaired) electrons. The van der Waals surface area contributed by atoms with E-state index in [2.05, 4.69) is 4.90 Å². The number of nitrogens with zero attached hydrogens (tertiary/aromatic N) is 1. The summed E-state index contributed by atoms with van der Waals surface area (Å²) >= 11 is 0. The van der Waals surface area contributed by atoms with Crippen LogP contribution in [0.2, 0.25) is 0 Å². The van der Waals surface area contributed by atoms with Crippen LogP contribution >= 0.6 is 0 Å². The normalized spacial score (nSPS) is 18.5. The van der Waals surface area contributed by atoms with Crippen molar-refractivity contribution in [3.63, 3.8) is 0 Å². The minimum atomic E-state index is -0.333. The Bertz CT molecular complexity index is 1120. The fourth-order valence-electron chi connectivity index (χ4n) is 4.17. The number of morpholine rings is 1. The Morgan fingerprint density at radius 2 is 1.88 bits per heavy atom. The molecule has 7 N–H and O–H groups in total.